The van der Waals surface area contributed by atoms with Crippen molar-refractivity contribution in [3.05, 3.63) is 48.0 Å². The number of ether oxygens (including phenoxy) is 1. The Morgan fingerprint density at radius 1 is 1.23 bits per heavy atom. The summed E-state index contributed by atoms with van der Waals surface area (Å²) in [5.41, 5.74) is 0.296. The van der Waals surface area contributed by atoms with Crippen LogP contribution in [-0.4, -0.2) is 30.4 Å². The van der Waals surface area contributed by atoms with E-state index in [0.717, 1.165) is 0 Å². The van der Waals surface area contributed by atoms with Crippen LogP contribution in [0.5, 0.6) is 0 Å². The van der Waals surface area contributed by atoms with Gasteiger partial charge in [-0.1, -0.05) is 30.3 Å². The summed E-state index contributed by atoms with van der Waals surface area (Å²) in [7, 11) is -4.01. The first-order chi connectivity index (χ1) is 10.5. The summed E-state index contributed by atoms with van der Waals surface area (Å²) >= 11 is 0. The molecule has 0 amide bonds. The number of benzene rings is 1. The van der Waals surface area contributed by atoms with E-state index in [1.807, 2.05) is 0 Å². The predicted octanol–water partition coefficient (Wildman–Crippen LogP) is 2.58. The number of rotatable bonds is 7. The standard InChI is InChI=1S/C15H19O6P/c1-3-19-22(18,20-4-2)15(17,12-8-6-5-7-9-12)13-10-11-14(16)21-13/h5-11,13,17H,3-4H2,1-2H3/t13-,15-/m0/s1. The Labute approximate surface area is 129 Å². The molecule has 0 radical (unpaired) electrons. The van der Waals surface area contributed by atoms with Gasteiger partial charge in [-0.05, 0) is 25.5 Å². The highest BCUT2D eigenvalue weighted by Gasteiger charge is 2.58. The maximum atomic E-state index is 13.2. The molecule has 7 heteroatoms. The Kier molecular flexibility index (Phi) is 5.19. The van der Waals surface area contributed by atoms with Crippen LogP contribution in [0.4, 0.5) is 0 Å². The van der Waals surface area contributed by atoms with E-state index >= 15 is 0 Å². The second-order valence-corrected chi connectivity index (χ2v) is 6.83. The molecule has 0 saturated heterocycles. The lowest BCUT2D eigenvalue weighted by atomic mass is 10.0. The lowest BCUT2D eigenvalue weighted by Gasteiger charge is -2.37. The molecule has 1 aliphatic rings. The van der Waals surface area contributed by atoms with Crippen molar-refractivity contribution in [2.75, 3.05) is 13.2 Å². The Bertz CT molecular complexity index is 589. The quantitative estimate of drug-likeness (QED) is 0.612. The van der Waals surface area contributed by atoms with Gasteiger partial charge in [0.05, 0.1) is 13.2 Å². The number of hydrogen-bond donors (Lipinski definition) is 1. The van der Waals surface area contributed by atoms with Crippen LogP contribution in [0.1, 0.15) is 19.4 Å². The van der Waals surface area contributed by atoms with Gasteiger partial charge < -0.3 is 18.9 Å². The highest BCUT2D eigenvalue weighted by Crippen LogP contribution is 2.66. The Morgan fingerprint density at radius 2 is 1.82 bits per heavy atom. The van der Waals surface area contributed by atoms with Crippen LogP contribution in [0.15, 0.2) is 42.5 Å². The van der Waals surface area contributed by atoms with Crippen molar-refractivity contribution < 1.29 is 28.3 Å². The van der Waals surface area contributed by atoms with Gasteiger partial charge in [0.15, 0.2) is 6.10 Å². The molecular weight excluding hydrogens is 307 g/mol. The average Bonchev–Trinajstić information content (AvgIpc) is 2.94. The largest absolute Gasteiger partial charge is 0.451 e. The molecule has 1 N–H and O–H groups in total. The van der Waals surface area contributed by atoms with Gasteiger partial charge in [0.1, 0.15) is 0 Å². The van der Waals surface area contributed by atoms with Gasteiger partial charge in [0, 0.05) is 6.08 Å². The molecule has 1 heterocycles. The van der Waals surface area contributed by atoms with E-state index in [2.05, 4.69) is 0 Å². The molecule has 0 aromatic heterocycles. The smallest absolute Gasteiger partial charge is 0.370 e. The summed E-state index contributed by atoms with van der Waals surface area (Å²) < 4.78 is 28.9. The summed E-state index contributed by atoms with van der Waals surface area (Å²) in [5, 5.41) is 9.13. The third kappa shape index (κ3) is 2.88. The summed E-state index contributed by atoms with van der Waals surface area (Å²) in [6.07, 6.45) is 1.40. The summed E-state index contributed by atoms with van der Waals surface area (Å²) in [6.45, 7) is 3.45. The predicted molar refractivity (Wildman–Crippen MR) is 80.2 cm³/mol. The van der Waals surface area contributed by atoms with Crippen molar-refractivity contribution in [3.63, 3.8) is 0 Å². The molecule has 0 aliphatic carbocycles. The van der Waals surface area contributed by atoms with Crippen LogP contribution in [0.3, 0.4) is 0 Å². The molecule has 1 aromatic carbocycles. The lowest BCUT2D eigenvalue weighted by Crippen LogP contribution is -2.40. The van der Waals surface area contributed by atoms with E-state index < -0.39 is 25.0 Å². The molecule has 1 aliphatic heterocycles. The first-order valence-corrected chi connectivity index (χ1v) is 8.58. The first-order valence-electron chi connectivity index (χ1n) is 7.04. The average molecular weight is 326 g/mol. The van der Waals surface area contributed by atoms with E-state index in [4.69, 9.17) is 13.8 Å². The second kappa shape index (κ2) is 6.75. The zero-order valence-electron chi connectivity index (χ0n) is 12.5. The molecule has 2 atom stereocenters. The van der Waals surface area contributed by atoms with Crippen molar-refractivity contribution in [2.45, 2.75) is 25.3 Å². The molecular formula is C15H19O6P. The van der Waals surface area contributed by atoms with Crippen molar-refractivity contribution in [1.82, 2.24) is 0 Å². The molecule has 22 heavy (non-hydrogen) atoms. The molecule has 0 unspecified atom stereocenters. The monoisotopic (exact) mass is 326 g/mol. The fourth-order valence-corrected chi connectivity index (χ4v) is 4.39. The molecule has 6 nitrogen and oxygen atoms in total. The third-order valence-electron chi connectivity index (χ3n) is 3.26. The Morgan fingerprint density at radius 3 is 2.27 bits per heavy atom. The minimum Gasteiger partial charge on any atom is -0.451 e. The fraction of sp³-hybridized carbons (Fsp3) is 0.400. The summed E-state index contributed by atoms with van der Waals surface area (Å²) in [4.78, 5) is 11.4. The van der Waals surface area contributed by atoms with Crippen molar-refractivity contribution in [1.29, 1.82) is 0 Å². The molecule has 0 bridgehead atoms. The van der Waals surface area contributed by atoms with E-state index in [0.29, 0.717) is 5.56 Å². The van der Waals surface area contributed by atoms with Crippen LogP contribution in [-0.2, 0) is 28.5 Å². The molecule has 0 saturated carbocycles. The second-order valence-electron chi connectivity index (χ2n) is 4.64. The molecule has 2 rings (SSSR count). The van der Waals surface area contributed by atoms with Crippen molar-refractivity contribution in [3.8, 4) is 0 Å². The molecule has 0 spiro atoms. The topological polar surface area (TPSA) is 82.1 Å². The van der Waals surface area contributed by atoms with Crippen LogP contribution in [0, 0.1) is 0 Å². The van der Waals surface area contributed by atoms with Crippen LogP contribution in [0.2, 0.25) is 0 Å². The maximum Gasteiger partial charge on any atom is 0.370 e. The van der Waals surface area contributed by atoms with Crippen LogP contribution in [0.25, 0.3) is 0 Å². The number of carbonyl (C=O) groups is 1. The molecule has 0 fully saturated rings. The minimum atomic E-state index is -4.01. The number of esters is 1. The van der Waals surface area contributed by atoms with Gasteiger partial charge in [-0.25, -0.2) is 4.79 Å². The van der Waals surface area contributed by atoms with E-state index in [9.17, 15) is 14.5 Å². The van der Waals surface area contributed by atoms with Crippen LogP contribution < -0.4 is 0 Å². The Hall–Kier alpha value is -1.46. The zero-order valence-corrected chi connectivity index (χ0v) is 13.4. The number of hydrogen-bond acceptors (Lipinski definition) is 6. The third-order valence-corrected chi connectivity index (χ3v) is 5.81. The van der Waals surface area contributed by atoms with Gasteiger partial charge in [0.25, 0.3) is 0 Å². The maximum absolute atomic E-state index is 13.2. The van der Waals surface area contributed by atoms with Crippen molar-refractivity contribution in [2.24, 2.45) is 0 Å². The summed E-state index contributed by atoms with van der Waals surface area (Å²) in [5.74, 6) is -0.612. The first kappa shape index (κ1) is 16.9. The summed E-state index contributed by atoms with van der Waals surface area (Å²) in [6, 6.07) is 8.30. The number of aliphatic hydroxyl groups is 1. The lowest BCUT2D eigenvalue weighted by molar-refractivity contribution is -0.146. The van der Waals surface area contributed by atoms with E-state index in [1.54, 1.807) is 44.2 Å². The molecule has 120 valence electrons. The highest BCUT2D eigenvalue weighted by atomic mass is 31.2. The fourth-order valence-electron chi connectivity index (χ4n) is 2.32. The SMILES string of the molecule is CCOP(=O)(OCC)[C@@](O)(c1ccccc1)[C@@H]1C=CC(=O)O1. The number of cyclic esters (lactones) is 1. The van der Waals surface area contributed by atoms with Gasteiger partial charge in [0.2, 0.25) is 5.34 Å². The van der Waals surface area contributed by atoms with Gasteiger partial charge in [-0.2, -0.15) is 0 Å². The highest BCUT2D eigenvalue weighted by molar-refractivity contribution is 7.55. The van der Waals surface area contributed by atoms with Gasteiger partial charge >= 0.3 is 13.6 Å². The van der Waals surface area contributed by atoms with Crippen molar-refractivity contribution >= 4 is 13.6 Å². The number of carbonyl (C=O) groups excluding carboxylic acids is 1. The Balaban J connectivity index is 2.56. The van der Waals surface area contributed by atoms with E-state index in [1.165, 1.54) is 12.2 Å². The molecule has 1 aromatic rings. The van der Waals surface area contributed by atoms with E-state index in [-0.39, 0.29) is 13.2 Å². The normalized spacial score (nSPS) is 20.7. The minimum absolute atomic E-state index is 0.0802. The van der Waals surface area contributed by atoms with Gasteiger partial charge in [-0.15, -0.1) is 0 Å². The van der Waals surface area contributed by atoms with Crippen LogP contribution >= 0.6 is 7.60 Å². The zero-order chi connectivity index (χ0) is 16.2. The van der Waals surface area contributed by atoms with Gasteiger partial charge in [-0.3, -0.25) is 4.57 Å².